The van der Waals surface area contributed by atoms with Crippen molar-refractivity contribution in [3.05, 3.63) is 143 Å². The third kappa shape index (κ3) is 9.16. The molecule has 0 amide bonds. The van der Waals surface area contributed by atoms with Gasteiger partial charge in [0.05, 0.1) is 13.2 Å². The predicted octanol–water partition coefficient (Wildman–Crippen LogP) is 12.8. The number of ether oxygens (including phenoxy) is 2. The van der Waals surface area contributed by atoms with Crippen molar-refractivity contribution in [1.29, 1.82) is 0 Å². The smallest absolute Gasteiger partial charge is 0.119 e. The van der Waals surface area contributed by atoms with Crippen LogP contribution in [0.2, 0.25) is 0 Å². The monoisotopic (exact) mass is 634 g/mol. The Balaban J connectivity index is 1.51. The van der Waals surface area contributed by atoms with Crippen molar-refractivity contribution in [3.8, 4) is 33.8 Å². The van der Waals surface area contributed by atoms with Crippen LogP contribution in [0, 0.1) is 25.7 Å². The molecule has 48 heavy (non-hydrogen) atoms. The minimum atomic E-state index is 0.496. The van der Waals surface area contributed by atoms with Gasteiger partial charge in [0.25, 0.3) is 0 Å². The summed E-state index contributed by atoms with van der Waals surface area (Å²) in [5, 5.41) is 0. The maximum absolute atomic E-state index is 5.93. The van der Waals surface area contributed by atoms with Gasteiger partial charge in [0.1, 0.15) is 11.5 Å². The number of aryl methyl sites for hydroxylation is 2. The summed E-state index contributed by atoms with van der Waals surface area (Å²) in [6.07, 6.45) is 4.62. The minimum Gasteiger partial charge on any atom is -0.493 e. The summed E-state index contributed by atoms with van der Waals surface area (Å²) < 4.78 is 11.8. The molecule has 5 aromatic rings. The first-order valence-electron chi connectivity index (χ1n) is 17.2. The lowest BCUT2D eigenvalue weighted by Crippen LogP contribution is -2.04. The molecule has 0 saturated heterocycles. The van der Waals surface area contributed by atoms with Gasteiger partial charge in [0.2, 0.25) is 0 Å². The van der Waals surface area contributed by atoms with Crippen LogP contribution in [-0.2, 0) is 0 Å². The topological polar surface area (TPSA) is 18.5 Å². The Morgan fingerprint density at radius 3 is 1.40 bits per heavy atom. The Hall–Kier alpha value is -4.82. The summed E-state index contributed by atoms with van der Waals surface area (Å²) >= 11 is 0. The average Bonchev–Trinajstić information content (AvgIpc) is 3.08. The summed E-state index contributed by atoms with van der Waals surface area (Å²) in [7, 11) is 0. The van der Waals surface area contributed by atoms with Crippen LogP contribution in [-0.4, -0.2) is 13.2 Å². The molecule has 0 radical (unpaired) electrons. The molecular weight excluding hydrogens is 585 g/mol. The predicted molar refractivity (Wildman–Crippen MR) is 207 cm³/mol. The molecule has 0 aliphatic heterocycles. The lowest BCUT2D eigenvalue weighted by molar-refractivity contribution is 0.271. The van der Waals surface area contributed by atoms with Crippen LogP contribution in [0.15, 0.2) is 109 Å². The van der Waals surface area contributed by atoms with Crippen molar-refractivity contribution in [3.63, 3.8) is 0 Å². The van der Waals surface area contributed by atoms with Crippen LogP contribution in [0.5, 0.6) is 11.5 Å². The normalized spacial score (nSPS) is 12.1. The van der Waals surface area contributed by atoms with Crippen LogP contribution in [0.3, 0.4) is 0 Å². The van der Waals surface area contributed by atoms with E-state index < -0.39 is 0 Å². The van der Waals surface area contributed by atoms with E-state index in [1.54, 1.807) is 0 Å². The van der Waals surface area contributed by atoms with Crippen LogP contribution in [0.4, 0.5) is 0 Å². The highest BCUT2D eigenvalue weighted by Crippen LogP contribution is 2.34. The summed E-state index contributed by atoms with van der Waals surface area (Å²) in [5.74, 6) is 2.82. The largest absolute Gasteiger partial charge is 0.493 e. The molecule has 0 N–H and O–H groups in total. The van der Waals surface area contributed by atoms with Gasteiger partial charge in [-0.2, -0.15) is 0 Å². The second kappa shape index (κ2) is 15.8. The number of benzene rings is 5. The molecule has 0 unspecified atom stereocenters. The van der Waals surface area contributed by atoms with Crippen LogP contribution < -0.4 is 9.47 Å². The van der Waals surface area contributed by atoms with Crippen molar-refractivity contribution < 1.29 is 9.47 Å². The van der Waals surface area contributed by atoms with Gasteiger partial charge in [-0.25, -0.2) is 0 Å². The molecule has 0 aromatic heterocycles. The third-order valence-electron chi connectivity index (χ3n) is 8.55. The van der Waals surface area contributed by atoms with Crippen LogP contribution in [0.1, 0.15) is 74.9 Å². The minimum absolute atomic E-state index is 0.496. The number of hydrogen-bond donors (Lipinski definition) is 0. The van der Waals surface area contributed by atoms with Gasteiger partial charge in [-0.3, -0.25) is 0 Å². The van der Waals surface area contributed by atoms with E-state index in [9.17, 15) is 0 Å². The molecule has 0 fully saturated rings. The number of hydrogen-bond acceptors (Lipinski definition) is 2. The molecule has 0 bridgehead atoms. The van der Waals surface area contributed by atoms with Crippen molar-refractivity contribution in [2.75, 3.05) is 13.2 Å². The molecular formula is C46H50O2. The van der Waals surface area contributed by atoms with Crippen molar-refractivity contribution >= 4 is 23.3 Å². The fourth-order valence-electron chi connectivity index (χ4n) is 5.65. The molecule has 2 heteroatoms. The van der Waals surface area contributed by atoms with E-state index in [1.807, 2.05) is 0 Å². The molecule has 5 aromatic carbocycles. The van der Waals surface area contributed by atoms with E-state index in [-0.39, 0.29) is 0 Å². The average molecular weight is 635 g/mol. The first-order valence-corrected chi connectivity index (χ1v) is 17.2. The van der Waals surface area contributed by atoms with Crippen LogP contribution in [0.25, 0.3) is 45.6 Å². The van der Waals surface area contributed by atoms with Gasteiger partial charge in [-0.1, -0.05) is 124 Å². The summed E-state index contributed by atoms with van der Waals surface area (Å²) in [6, 6.07) is 39.3. The van der Waals surface area contributed by atoms with Crippen LogP contribution >= 0.6 is 0 Å². The standard InChI is InChI=1S/C46H50O2/c1-31(2)29-47-44-21-17-37(18-22-44)34(6)25-42-28-46(41-15-13-40(14-16-41)39-11-9-33(5)10-12-39)43(27-36(42)8)26-35(7)38-19-23-45(24-20-38)48-30-32(3)4/h9-28,31-32H,29-30H2,1-8H3. The summed E-state index contributed by atoms with van der Waals surface area (Å²) in [6.45, 7) is 18.8. The third-order valence-corrected chi connectivity index (χ3v) is 8.55. The highest BCUT2D eigenvalue weighted by Gasteiger charge is 2.11. The Kier molecular flexibility index (Phi) is 11.4. The van der Waals surface area contributed by atoms with Crippen molar-refractivity contribution in [1.82, 2.24) is 0 Å². The zero-order valence-corrected chi connectivity index (χ0v) is 29.9. The molecule has 0 heterocycles. The Labute approximate surface area is 288 Å². The van der Waals surface area contributed by atoms with Crippen molar-refractivity contribution in [2.45, 2.75) is 55.4 Å². The summed E-state index contributed by atoms with van der Waals surface area (Å²) in [5.41, 5.74) is 14.6. The fraction of sp³-hybridized carbons (Fsp3) is 0.261. The molecule has 5 rings (SSSR count). The van der Waals surface area contributed by atoms with E-state index in [4.69, 9.17) is 9.47 Å². The SMILES string of the molecule is CC(=Cc1cc(-c2ccc(-c3ccc(C)cc3)cc2)c(C=C(C)c2ccc(OCC(C)C)cc2)cc1C)c1ccc(OCC(C)C)cc1. The van der Waals surface area contributed by atoms with Gasteiger partial charge in [-0.05, 0) is 131 Å². The molecule has 0 saturated carbocycles. The molecule has 0 spiro atoms. The van der Waals surface area contributed by atoms with E-state index in [0.29, 0.717) is 11.8 Å². The van der Waals surface area contributed by atoms with Crippen molar-refractivity contribution in [2.24, 2.45) is 11.8 Å². The molecule has 0 atom stereocenters. The first-order chi connectivity index (χ1) is 23.0. The Bertz CT molecular complexity index is 1850. The van der Waals surface area contributed by atoms with Gasteiger partial charge in [-0.15, -0.1) is 0 Å². The maximum Gasteiger partial charge on any atom is 0.119 e. The maximum atomic E-state index is 5.93. The van der Waals surface area contributed by atoms with Gasteiger partial charge >= 0.3 is 0 Å². The van der Waals surface area contributed by atoms with E-state index >= 15 is 0 Å². The molecule has 0 aliphatic rings. The highest BCUT2D eigenvalue weighted by atomic mass is 16.5. The van der Waals surface area contributed by atoms with Gasteiger partial charge < -0.3 is 9.47 Å². The van der Waals surface area contributed by atoms with Gasteiger partial charge in [0.15, 0.2) is 0 Å². The number of rotatable bonds is 12. The second-order valence-corrected chi connectivity index (χ2v) is 13.9. The molecule has 0 aliphatic carbocycles. The fourth-order valence-corrected chi connectivity index (χ4v) is 5.65. The Morgan fingerprint density at radius 1 is 0.521 bits per heavy atom. The zero-order valence-electron chi connectivity index (χ0n) is 29.9. The summed E-state index contributed by atoms with van der Waals surface area (Å²) in [4.78, 5) is 0. The number of allylic oxidation sites excluding steroid dienone is 2. The molecule has 246 valence electrons. The van der Waals surface area contributed by atoms with E-state index in [1.165, 1.54) is 66.8 Å². The second-order valence-electron chi connectivity index (χ2n) is 13.9. The quantitative estimate of drug-likeness (QED) is 0.127. The first kappa shape index (κ1) is 34.5. The van der Waals surface area contributed by atoms with E-state index in [0.717, 1.165) is 24.7 Å². The molecule has 2 nitrogen and oxygen atoms in total. The zero-order chi connectivity index (χ0) is 34.2. The van der Waals surface area contributed by atoms with Gasteiger partial charge in [0, 0.05) is 0 Å². The Morgan fingerprint density at radius 2 is 0.938 bits per heavy atom. The highest BCUT2D eigenvalue weighted by molar-refractivity contribution is 5.90. The lowest BCUT2D eigenvalue weighted by atomic mass is 9.90. The van der Waals surface area contributed by atoms with E-state index in [2.05, 4.69) is 177 Å². The lowest BCUT2D eigenvalue weighted by Gasteiger charge is -2.15.